The van der Waals surface area contributed by atoms with Crippen molar-refractivity contribution in [3.63, 3.8) is 0 Å². The Hall–Kier alpha value is -2.04. The van der Waals surface area contributed by atoms with Crippen LogP contribution in [0.3, 0.4) is 0 Å². The molecule has 0 unspecified atom stereocenters. The molecule has 1 amide bonds. The molecule has 0 aliphatic carbocycles. The fourth-order valence-corrected chi connectivity index (χ4v) is 5.97. The van der Waals surface area contributed by atoms with Gasteiger partial charge in [0.1, 0.15) is 5.69 Å². The third-order valence-electron chi connectivity index (χ3n) is 7.07. The molecule has 202 valence electrons. The maximum absolute atomic E-state index is 13.1. The number of carbonyl (C=O) groups excluding carboxylic acids is 1. The molecule has 3 heterocycles. The fourth-order valence-electron chi connectivity index (χ4n) is 4.89. The zero-order valence-electron chi connectivity index (χ0n) is 21.6. The van der Waals surface area contributed by atoms with Crippen molar-refractivity contribution < 1.29 is 24.2 Å². The summed E-state index contributed by atoms with van der Waals surface area (Å²) in [6.07, 6.45) is 2.37. The molecule has 4 rings (SSSR count). The minimum atomic E-state index is -0.860. The molecule has 2 aliphatic rings. The highest BCUT2D eigenvalue weighted by atomic mass is 35.5. The van der Waals surface area contributed by atoms with Crippen LogP contribution in [0.1, 0.15) is 65.7 Å². The number of morpholine rings is 1. The van der Waals surface area contributed by atoms with Gasteiger partial charge in [-0.25, -0.2) is 4.98 Å². The molecular weight excluding hydrogens is 514 g/mol. The first kappa shape index (κ1) is 28.0. The molecule has 2 fully saturated rings. The summed E-state index contributed by atoms with van der Waals surface area (Å²) in [7, 11) is 0. The van der Waals surface area contributed by atoms with Crippen LogP contribution in [-0.4, -0.2) is 83.4 Å². The minimum Gasteiger partial charge on any atom is -0.481 e. The van der Waals surface area contributed by atoms with Crippen LogP contribution in [0, 0.1) is 0 Å². The van der Waals surface area contributed by atoms with Gasteiger partial charge in [0, 0.05) is 42.5 Å². The van der Waals surface area contributed by atoms with Crippen molar-refractivity contribution in [3.8, 4) is 0 Å². The number of benzene rings is 1. The van der Waals surface area contributed by atoms with Crippen molar-refractivity contribution in [2.24, 2.45) is 0 Å². The highest BCUT2D eigenvalue weighted by Crippen LogP contribution is 2.33. The number of likely N-dealkylation sites (tertiary alicyclic amines) is 1. The summed E-state index contributed by atoms with van der Waals surface area (Å²) in [5, 5.41) is 12.3. The standard InChI is InChI=1S/C27H36ClN3O5S/c1-19(2)25-29-22(17-37-25)26(34)31-12-15-36-27(18-31)8-10-30(11-9-27)16-21-5-3-4-20(24(21)28)6-13-35-14-7-23(32)33/h3-5,17,19H,6-16,18H2,1-2H3,(H,32,33). The number of aliphatic carboxylic acids is 1. The lowest BCUT2D eigenvalue weighted by Crippen LogP contribution is -2.58. The molecule has 1 spiro atoms. The van der Waals surface area contributed by atoms with Crippen molar-refractivity contribution in [3.05, 3.63) is 50.4 Å². The first-order valence-electron chi connectivity index (χ1n) is 12.9. The second-order valence-corrected chi connectivity index (χ2v) is 11.4. The predicted molar refractivity (Wildman–Crippen MR) is 144 cm³/mol. The average Bonchev–Trinajstić information content (AvgIpc) is 3.38. The van der Waals surface area contributed by atoms with Gasteiger partial charge in [0.2, 0.25) is 0 Å². The quantitative estimate of drug-likeness (QED) is 0.437. The summed E-state index contributed by atoms with van der Waals surface area (Å²) in [5.41, 5.74) is 2.33. The van der Waals surface area contributed by atoms with Crippen LogP contribution in [0.4, 0.5) is 0 Å². The van der Waals surface area contributed by atoms with E-state index >= 15 is 0 Å². The van der Waals surface area contributed by atoms with E-state index in [0.29, 0.717) is 44.3 Å². The summed E-state index contributed by atoms with van der Waals surface area (Å²) in [6, 6.07) is 6.06. The van der Waals surface area contributed by atoms with Gasteiger partial charge in [-0.05, 0) is 30.4 Å². The first-order valence-corrected chi connectivity index (χ1v) is 14.2. The predicted octanol–water partition coefficient (Wildman–Crippen LogP) is 4.46. The molecule has 1 aromatic heterocycles. The SMILES string of the molecule is CC(C)c1nc(C(=O)N2CCOC3(CCN(Cc4cccc(CCOCCC(=O)O)c4Cl)CC3)C2)cs1. The number of rotatable bonds is 10. The zero-order chi connectivity index (χ0) is 26.4. The molecule has 0 radical (unpaired) electrons. The van der Waals surface area contributed by atoms with E-state index < -0.39 is 5.97 Å². The molecular formula is C27H36ClN3O5S. The maximum atomic E-state index is 13.1. The number of halogens is 1. The van der Waals surface area contributed by atoms with Gasteiger partial charge in [-0.2, -0.15) is 0 Å². The topological polar surface area (TPSA) is 92.2 Å². The number of ether oxygens (including phenoxy) is 2. The Bertz CT molecular complexity index is 1080. The molecule has 37 heavy (non-hydrogen) atoms. The van der Waals surface area contributed by atoms with Crippen molar-refractivity contribution in [1.29, 1.82) is 0 Å². The highest BCUT2D eigenvalue weighted by molar-refractivity contribution is 7.09. The fraction of sp³-hybridized carbons (Fsp3) is 0.593. The third kappa shape index (κ3) is 7.29. The van der Waals surface area contributed by atoms with Gasteiger partial charge in [0.15, 0.2) is 0 Å². The van der Waals surface area contributed by atoms with Gasteiger partial charge < -0.3 is 19.5 Å². The van der Waals surface area contributed by atoms with Crippen molar-refractivity contribution >= 4 is 34.8 Å². The van der Waals surface area contributed by atoms with E-state index in [-0.39, 0.29) is 24.5 Å². The molecule has 2 saturated heterocycles. The van der Waals surface area contributed by atoms with Gasteiger partial charge in [-0.15, -0.1) is 11.3 Å². The highest BCUT2D eigenvalue weighted by Gasteiger charge is 2.41. The zero-order valence-corrected chi connectivity index (χ0v) is 23.2. The van der Waals surface area contributed by atoms with E-state index in [1.807, 2.05) is 22.4 Å². The average molecular weight is 550 g/mol. The van der Waals surface area contributed by atoms with E-state index in [9.17, 15) is 9.59 Å². The molecule has 1 aromatic carbocycles. The summed E-state index contributed by atoms with van der Waals surface area (Å²) in [5.74, 6) is -0.539. The first-order chi connectivity index (χ1) is 17.8. The minimum absolute atomic E-state index is 0.00351. The Labute approximate surface area is 227 Å². The summed E-state index contributed by atoms with van der Waals surface area (Å²) >= 11 is 8.27. The molecule has 0 saturated carbocycles. The number of piperidine rings is 1. The number of hydrogen-bond donors (Lipinski definition) is 1. The second-order valence-electron chi connectivity index (χ2n) is 10.2. The Morgan fingerprint density at radius 1 is 1.22 bits per heavy atom. The lowest BCUT2D eigenvalue weighted by molar-refractivity contribution is -0.138. The molecule has 0 bridgehead atoms. The largest absolute Gasteiger partial charge is 0.481 e. The molecule has 2 aliphatic heterocycles. The monoisotopic (exact) mass is 549 g/mol. The number of aromatic nitrogens is 1. The van der Waals surface area contributed by atoms with E-state index in [4.69, 9.17) is 26.2 Å². The Morgan fingerprint density at radius 3 is 2.68 bits per heavy atom. The van der Waals surface area contributed by atoms with Crippen molar-refractivity contribution in [2.75, 3.05) is 46.0 Å². The van der Waals surface area contributed by atoms with Crippen LogP contribution in [-0.2, 0) is 27.2 Å². The number of carboxylic acid groups (broad SMARTS) is 1. The van der Waals surface area contributed by atoms with Crippen LogP contribution in [0.2, 0.25) is 5.02 Å². The van der Waals surface area contributed by atoms with E-state index in [0.717, 1.165) is 53.6 Å². The Kier molecular flexibility index (Phi) is 9.58. The van der Waals surface area contributed by atoms with Crippen LogP contribution in [0.25, 0.3) is 0 Å². The van der Waals surface area contributed by atoms with E-state index in [1.165, 1.54) is 0 Å². The normalized spacial score (nSPS) is 18.0. The van der Waals surface area contributed by atoms with Gasteiger partial charge in [0.25, 0.3) is 5.91 Å². The van der Waals surface area contributed by atoms with Crippen LogP contribution in [0.5, 0.6) is 0 Å². The number of carbonyl (C=O) groups is 2. The van der Waals surface area contributed by atoms with Crippen molar-refractivity contribution in [2.45, 2.75) is 57.6 Å². The van der Waals surface area contributed by atoms with Crippen LogP contribution in [0.15, 0.2) is 23.6 Å². The molecule has 10 heteroatoms. The lowest BCUT2D eigenvalue weighted by atomic mass is 9.89. The molecule has 1 N–H and O–H groups in total. The Morgan fingerprint density at radius 2 is 1.97 bits per heavy atom. The number of hydrogen-bond acceptors (Lipinski definition) is 7. The third-order valence-corrected chi connectivity index (χ3v) is 8.70. The molecule has 8 nitrogen and oxygen atoms in total. The van der Waals surface area contributed by atoms with Gasteiger partial charge in [0.05, 0.1) is 43.4 Å². The number of nitrogens with zero attached hydrogens (tertiary/aromatic N) is 3. The lowest BCUT2D eigenvalue weighted by Gasteiger charge is -2.47. The van der Waals surface area contributed by atoms with Gasteiger partial charge in [-0.1, -0.05) is 43.6 Å². The van der Waals surface area contributed by atoms with Crippen LogP contribution >= 0.6 is 22.9 Å². The second kappa shape index (κ2) is 12.7. The smallest absolute Gasteiger partial charge is 0.305 e. The molecule has 0 atom stereocenters. The van der Waals surface area contributed by atoms with E-state index in [1.54, 1.807) is 11.3 Å². The van der Waals surface area contributed by atoms with Crippen molar-refractivity contribution in [1.82, 2.24) is 14.8 Å². The van der Waals surface area contributed by atoms with Crippen LogP contribution < -0.4 is 0 Å². The summed E-state index contributed by atoms with van der Waals surface area (Å²) < 4.78 is 11.7. The number of carboxylic acids is 1. The summed E-state index contributed by atoms with van der Waals surface area (Å²) in [6.45, 7) is 9.07. The summed E-state index contributed by atoms with van der Waals surface area (Å²) in [4.78, 5) is 32.6. The van der Waals surface area contributed by atoms with E-state index in [2.05, 4.69) is 29.8 Å². The number of amides is 1. The maximum Gasteiger partial charge on any atom is 0.305 e. The number of thiazole rings is 1. The van der Waals surface area contributed by atoms with Gasteiger partial charge in [-0.3, -0.25) is 14.5 Å². The molecule has 2 aromatic rings. The van der Waals surface area contributed by atoms with Gasteiger partial charge >= 0.3 is 5.97 Å². The Balaban J connectivity index is 1.29.